The maximum atomic E-state index is 12.5. The maximum Gasteiger partial charge on any atom is 0.355 e. The number of carboxylic acids is 2. The summed E-state index contributed by atoms with van der Waals surface area (Å²) in [5, 5.41) is 20.2. The van der Waals surface area contributed by atoms with Crippen LogP contribution in [0.25, 0.3) is 11.6 Å². The van der Waals surface area contributed by atoms with Gasteiger partial charge in [0, 0.05) is 22.8 Å². The fourth-order valence-corrected chi connectivity index (χ4v) is 6.06. The lowest BCUT2D eigenvalue weighted by Gasteiger charge is -2.26. The first-order valence-electron chi connectivity index (χ1n) is 11.2. The highest BCUT2D eigenvalue weighted by Gasteiger charge is 2.30. The van der Waals surface area contributed by atoms with Gasteiger partial charge in [-0.3, -0.25) is 4.79 Å². The Morgan fingerprint density at radius 3 is 2.54 bits per heavy atom. The SMILES string of the molecule is O=C(O)CC1CCC(Sc2nc(-c3ccco3)n(Cc3cc4c(cc3Cl)OCO4)c2C(=O)O)CC1. The van der Waals surface area contributed by atoms with Gasteiger partial charge in [-0.25, -0.2) is 9.78 Å². The molecule has 1 fully saturated rings. The Kier molecular flexibility index (Phi) is 6.66. The number of hydrogen-bond acceptors (Lipinski definition) is 7. The molecule has 0 bridgehead atoms. The predicted octanol–water partition coefficient (Wildman–Crippen LogP) is 5.40. The summed E-state index contributed by atoms with van der Waals surface area (Å²) in [5.41, 5.74) is 0.720. The van der Waals surface area contributed by atoms with Crippen LogP contribution in [0.5, 0.6) is 11.5 Å². The third-order valence-electron chi connectivity index (χ3n) is 6.29. The second-order valence-electron chi connectivity index (χ2n) is 8.61. The Bertz CT molecular complexity index is 1250. The van der Waals surface area contributed by atoms with Crippen molar-refractivity contribution in [2.45, 2.75) is 48.9 Å². The number of imidazole rings is 1. The van der Waals surface area contributed by atoms with Crippen LogP contribution in [0.2, 0.25) is 5.02 Å². The van der Waals surface area contributed by atoms with E-state index in [9.17, 15) is 14.7 Å². The van der Waals surface area contributed by atoms with Crippen LogP contribution in [0.1, 0.15) is 48.2 Å². The van der Waals surface area contributed by atoms with E-state index >= 15 is 0 Å². The minimum Gasteiger partial charge on any atom is -0.481 e. The summed E-state index contributed by atoms with van der Waals surface area (Å²) in [6.45, 7) is 0.250. The first-order valence-corrected chi connectivity index (χ1v) is 12.5. The van der Waals surface area contributed by atoms with Crippen molar-refractivity contribution < 1.29 is 33.7 Å². The van der Waals surface area contributed by atoms with Crippen molar-refractivity contribution in [3.63, 3.8) is 0 Å². The third-order valence-corrected chi connectivity index (χ3v) is 7.95. The van der Waals surface area contributed by atoms with Crippen LogP contribution in [-0.2, 0) is 11.3 Å². The van der Waals surface area contributed by atoms with Crippen LogP contribution in [0.3, 0.4) is 0 Å². The zero-order valence-electron chi connectivity index (χ0n) is 18.6. The van der Waals surface area contributed by atoms with E-state index in [1.807, 2.05) is 0 Å². The Hall–Kier alpha value is -3.11. The van der Waals surface area contributed by atoms with Gasteiger partial charge in [-0.15, -0.1) is 11.8 Å². The molecule has 0 unspecified atom stereocenters. The van der Waals surface area contributed by atoms with E-state index in [0.717, 1.165) is 25.7 Å². The molecular formula is C24H23ClN2O7S. The average molecular weight is 519 g/mol. The molecule has 0 amide bonds. The van der Waals surface area contributed by atoms with Crippen LogP contribution in [0, 0.1) is 5.92 Å². The summed E-state index contributed by atoms with van der Waals surface area (Å²) in [4.78, 5) is 28.2. The first kappa shape index (κ1) is 23.6. The van der Waals surface area contributed by atoms with Gasteiger partial charge in [0.2, 0.25) is 6.79 Å². The van der Waals surface area contributed by atoms with E-state index < -0.39 is 11.9 Å². The van der Waals surface area contributed by atoms with Crippen molar-refractivity contribution in [3.8, 4) is 23.1 Å². The minimum absolute atomic E-state index is 0.0581. The predicted molar refractivity (Wildman–Crippen MR) is 127 cm³/mol. The van der Waals surface area contributed by atoms with Crippen LogP contribution in [-0.4, -0.2) is 43.7 Å². The van der Waals surface area contributed by atoms with Gasteiger partial charge in [-0.05, 0) is 55.4 Å². The van der Waals surface area contributed by atoms with Crippen LogP contribution in [0.15, 0.2) is 40.0 Å². The topological polar surface area (TPSA) is 124 Å². The molecule has 0 saturated heterocycles. The highest BCUT2D eigenvalue weighted by atomic mass is 35.5. The molecule has 1 aromatic carbocycles. The molecule has 9 nitrogen and oxygen atoms in total. The highest BCUT2D eigenvalue weighted by molar-refractivity contribution is 7.99. The normalized spacial score (nSPS) is 19.1. The number of benzene rings is 1. The number of ether oxygens (including phenoxy) is 2. The largest absolute Gasteiger partial charge is 0.481 e. The van der Waals surface area contributed by atoms with Crippen molar-refractivity contribution in [1.82, 2.24) is 9.55 Å². The Labute approximate surface area is 210 Å². The van der Waals surface area contributed by atoms with Gasteiger partial charge in [0.25, 0.3) is 0 Å². The molecule has 0 atom stereocenters. The molecule has 1 saturated carbocycles. The molecule has 1 aliphatic heterocycles. The maximum absolute atomic E-state index is 12.5. The van der Waals surface area contributed by atoms with Crippen molar-refractivity contribution in [2.75, 3.05) is 6.79 Å². The molecule has 2 aromatic heterocycles. The number of carbonyl (C=O) groups is 2. The zero-order valence-corrected chi connectivity index (χ0v) is 20.2. The van der Waals surface area contributed by atoms with Gasteiger partial charge in [0.15, 0.2) is 28.8 Å². The summed E-state index contributed by atoms with van der Waals surface area (Å²) in [6.07, 6.45) is 4.89. The standard InChI is InChI=1S/C24H23ClN2O7S/c25-16-10-19-18(33-12-34-19)9-14(16)11-27-21(24(30)31)23(26-22(27)17-2-1-7-32-17)35-15-5-3-13(4-6-15)8-20(28)29/h1-2,7,9-10,13,15H,3-6,8,11-12H2,(H,28,29)(H,30,31). The summed E-state index contributed by atoms with van der Waals surface area (Å²) in [5.74, 6) is 0.210. The van der Waals surface area contributed by atoms with Gasteiger partial charge >= 0.3 is 11.9 Å². The number of furan rings is 1. The van der Waals surface area contributed by atoms with Gasteiger partial charge < -0.3 is 28.7 Å². The van der Waals surface area contributed by atoms with E-state index in [2.05, 4.69) is 0 Å². The number of rotatable bonds is 8. The molecular weight excluding hydrogens is 496 g/mol. The number of aromatic carboxylic acids is 1. The van der Waals surface area contributed by atoms with Gasteiger partial charge in [-0.2, -0.15) is 0 Å². The number of thioether (sulfide) groups is 1. The molecule has 5 rings (SSSR count). The lowest BCUT2D eigenvalue weighted by Crippen LogP contribution is -2.19. The molecule has 2 N–H and O–H groups in total. The molecule has 184 valence electrons. The van der Waals surface area contributed by atoms with E-state index in [1.54, 1.807) is 28.8 Å². The Balaban J connectivity index is 1.47. The van der Waals surface area contributed by atoms with Gasteiger partial charge in [0.1, 0.15) is 5.03 Å². The summed E-state index contributed by atoms with van der Waals surface area (Å²) >= 11 is 7.92. The van der Waals surface area contributed by atoms with Gasteiger partial charge in [-0.1, -0.05) is 11.6 Å². The summed E-state index contributed by atoms with van der Waals surface area (Å²) in [6, 6.07) is 6.86. The van der Waals surface area contributed by atoms with Gasteiger partial charge in [0.05, 0.1) is 12.8 Å². The summed E-state index contributed by atoms with van der Waals surface area (Å²) < 4.78 is 18.0. The van der Waals surface area contributed by atoms with Crippen molar-refractivity contribution in [2.24, 2.45) is 5.92 Å². The molecule has 3 aromatic rings. The molecule has 2 aliphatic rings. The molecule has 3 heterocycles. The second-order valence-corrected chi connectivity index (χ2v) is 10.3. The third kappa shape index (κ3) is 4.99. The van der Waals surface area contributed by atoms with E-state index in [1.165, 1.54) is 18.0 Å². The van der Waals surface area contributed by atoms with E-state index in [4.69, 9.17) is 35.6 Å². The molecule has 35 heavy (non-hydrogen) atoms. The lowest BCUT2D eigenvalue weighted by atomic mass is 9.87. The van der Waals surface area contributed by atoms with Crippen molar-refractivity contribution >= 4 is 35.3 Å². The van der Waals surface area contributed by atoms with Crippen LogP contribution in [0.4, 0.5) is 0 Å². The molecule has 11 heteroatoms. The highest BCUT2D eigenvalue weighted by Crippen LogP contribution is 2.41. The molecule has 0 radical (unpaired) electrons. The number of halogens is 1. The number of fused-ring (bicyclic) bond motifs is 1. The number of aliphatic carboxylic acids is 1. The number of aromatic nitrogens is 2. The monoisotopic (exact) mass is 518 g/mol. The summed E-state index contributed by atoms with van der Waals surface area (Å²) in [7, 11) is 0. The molecule has 0 spiro atoms. The quantitative estimate of drug-likeness (QED) is 0.403. The number of hydrogen-bond donors (Lipinski definition) is 2. The first-order chi connectivity index (χ1) is 16.9. The fraction of sp³-hybridized carbons (Fsp3) is 0.375. The Morgan fingerprint density at radius 1 is 1.14 bits per heavy atom. The fourth-order valence-electron chi connectivity index (χ4n) is 4.58. The van der Waals surface area contributed by atoms with Crippen LogP contribution >= 0.6 is 23.4 Å². The second kappa shape index (κ2) is 9.87. The van der Waals surface area contributed by atoms with Crippen molar-refractivity contribution in [1.29, 1.82) is 0 Å². The Morgan fingerprint density at radius 2 is 1.89 bits per heavy atom. The number of nitrogens with zero attached hydrogens (tertiary/aromatic N) is 2. The van der Waals surface area contributed by atoms with E-state index in [0.29, 0.717) is 38.7 Å². The smallest absolute Gasteiger partial charge is 0.355 e. The number of carboxylic acid groups (broad SMARTS) is 2. The molecule has 1 aliphatic carbocycles. The van der Waals surface area contributed by atoms with Crippen molar-refractivity contribution in [3.05, 3.63) is 46.8 Å². The lowest BCUT2D eigenvalue weighted by molar-refractivity contribution is -0.138. The van der Waals surface area contributed by atoms with E-state index in [-0.39, 0.29) is 36.6 Å². The van der Waals surface area contributed by atoms with Crippen LogP contribution < -0.4 is 9.47 Å². The minimum atomic E-state index is -1.10. The zero-order chi connectivity index (χ0) is 24.5. The average Bonchev–Trinajstić information content (AvgIpc) is 3.55.